The van der Waals surface area contributed by atoms with Crippen molar-refractivity contribution < 1.29 is 15.0 Å². The minimum Gasteiger partial charge on any atom is -0.390 e. The molecule has 0 aliphatic rings. The van der Waals surface area contributed by atoms with Crippen LogP contribution in [-0.4, -0.2) is 27.3 Å². The van der Waals surface area contributed by atoms with E-state index >= 15 is 0 Å². The first-order valence-corrected chi connectivity index (χ1v) is 5.62. The maximum Gasteiger partial charge on any atom is 0.220 e. The van der Waals surface area contributed by atoms with Gasteiger partial charge in [0, 0.05) is 5.69 Å². The molecule has 0 aromatic heterocycles. The number of benzene rings is 1. The lowest BCUT2D eigenvalue weighted by atomic mass is 10.0. The predicted octanol–water partition coefficient (Wildman–Crippen LogP) is -0.388. The molecule has 18 heavy (non-hydrogen) atoms. The first-order valence-electron chi connectivity index (χ1n) is 5.21. The molecule has 0 heterocycles. The van der Waals surface area contributed by atoms with Crippen LogP contribution in [0.2, 0.25) is 0 Å². The molecule has 7 N–H and O–H groups in total. The van der Waals surface area contributed by atoms with Crippen molar-refractivity contribution in [2.75, 3.05) is 5.32 Å². The second kappa shape index (κ2) is 6.29. The Labute approximate surface area is 110 Å². The number of rotatable bonds is 5. The summed E-state index contributed by atoms with van der Waals surface area (Å²) in [6, 6.07) is 6.56. The lowest BCUT2D eigenvalue weighted by Crippen LogP contribution is -2.25. The van der Waals surface area contributed by atoms with E-state index in [0.717, 1.165) is 0 Å². The summed E-state index contributed by atoms with van der Waals surface area (Å²) >= 11 is 4.69. The van der Waals surface area contributed by atoms with E-state index in [1.807, 2.05) is 0 Å². The molecule has 0 aliphatic carbocycles. The van der Waals surface area contributed by atoms with Crippen LogP contribution in [0.15, 0.2) is 24.3 Å². The van der Waals surface area contributed by atoms with E-state index in [1.54, 1.807) is 24.3 Å². The number of anilines is 1. The fourth-order valence-corrected chi connectivity index (χ4v) is 1.60. The number of primary amides is 1. The molecule has 0 radical (unpaired) electrons. The molecular weight excluding hydrogens is 254 g/mol. The number of nitrogens with two attached hydrogens (primary N) is 2. The highest BCUT2D eigenvalue weighted by Crippen LogP contribution is 2.21. The Hall–Kier alpha value is -1.70. The van der Waals surface area contributed by atoms with Gasteiger partial charge in [-0.25, -0.2) is 0 Å². The number of nitrogens with one attached hydrogen (secondary N) is 1. The molecule has 2 atom stereocenters. The molecule has 1 rings (SSSR count). The zero-order valence-corrected chi connectivity index (χ0v) is 10.4. The Balaban J connectivity index is 2.82. The normalized spacial score (nSPS) is 13.7. The number of amides is 1. The zero-order valence-electron chi connectivity index (χ0n) is 9.54. The van der Waals surface area contributed by atoms with Crippen molar-refractivity contribution in [3.8, 4) is 0 Å². The van der Waals surface area contributed by atoms with Crippen LogP contribution in [0.4, 0.5) is 5.69 Å². The lowest BCUT2D eigenvalue weighted by Gasteiger charge is -2.17. The van der Waals surface area contributed by atoms with Crippen LogP contribution in [0.3, 0.4) is 0 Å². The predicted molar refractivity (Wildman–Crippen MR) is 71.6 cm³/mol. The van der Waals surface area contributed by atoms with E-state index in [2.05, 4.69) is 17.5 Å². The first kappa shape index (κ1) is 14.4. The zero-order chi connectivity index (χ0) is 13.7. The second-order valence-corrected chi connectivity index (χ2v) is 4.24. The van der Waals surface area contributed by atoms with Gasteiger partial charge in [0.2, 0.25) is 5.91 Å². The van der Waals surface area contributed by atoms with Gasteiger partial charge < -0.3 is 27.0 Å². The molecule has 0 bridgehead atoms. The van der Waals surface area contributed by atoms with Crippen molar-refractivity contribution >= 4 is 28.9 Å². The average Bonchev–Trinajstić information content (AvgIpc) is 2.26. The Bertz CT molecular complexity index is 453. The van der Waals surface area contributed by atoms with E-state index in [1.165, 1.54) is 0 Å². The maximum atomic E-state index is 10.7. The third-order valence-corrected chi connectivity index (χ3v) is 2.37. The molecule has 0 aliphatic heterocycles. The van der Waals surface area contributed by atoms with Crippen LogP contribution < -0.4 is 16.8 Å². The van der Waals surface area contributed by atoms with Crippen molar-refractivity contribution in [2.24, 2.45) is 11.5 Å². The Morgan fingerprint density at radius 1 is 1.39 bits per heavy atom. The van der Waals surface area contributed by atoms with Gasteiger partial charge in [-0.2, -0.15) is 0 Å². The summed E-state index contributed by atoms with van der Waals surface area (Å²) in [5.41, 5.74) is 11.3. The second-order valence-electron chi connectivity index (χ2n) is 3.80. The van der Waals surface area contributed by atoms with Gasteiger partial charge in [-0.05, 0) is 29.9 Å². The highest BCUT2D eigenvalue weighted by molar-refractivity contribution is 7.80. The van der Waals surface area contributed by atoms with Crippen LogP contribution >= 0.6 is 12.2 Å². The minimum absolute atomic E-state index is 0.0966. The molecule has 6 nitrogen and oxygen atoms in total. The Kier molecular flexibility index (Phi) is 5.02. The molecule has 1 amide bonds. The lowest BCUT2D eigenvalue weighted by molar-refractivity contribution is -0.121. The SMILES string of the molecule is NC(=O)CC(O)C(O)c1cccc(NC(N)=S)c1. The van der Waals surface area contributed by atoms with E-state index in [0.29, 0.717) is 11.3 Å². The largest absolute Gasteiger partial charge is 0.390 e. The average molecular weight is 269 g/mol. The number of aliphatic hydroxyl groups is 2. The molecule has 0 spiro atoms. The van der Waals surface area contributed by atoms with Gasteiger partial charge in [-0.3, -0.25) is 4.79 Å². The van der Waals surface area contributed by atoms with Gasteiger partial charge in [0.15, 0.2) is 5.11 Å². The third-order valence-electron chi connectivity index (χ3n) is 2.27. The maximum absolute atomic E-state index is 10.7. The molecule has 2 unspecified atom stereocenters. The fourth-order valence-electron chi connectivity index (χ4n) is 1.48. The van der Waals surface area contributed by atoms with Crippen molar-refractivity contribution in [2.45, 2.75) is 18.6 Å². The van der Waals surface area contributed by atoms with Crippen molar-refractivity contribution in [1.82, 2.24) is 0 Å². The summed E-state index contributed by atoms with van der Waals surface area (Å²) in [6.45, 7) is 0. The van der Waals surface area contributed by atoms with E-state index in [9.17, 15) is 15.0 Å². The van der Waals surface area contributed by atoms with Crippen LogP contribution in [0.1, 0.15) is 18.1 Å². The number of aliphatic hydroxyl groups excluding tert-OH is 2. The number of carbonyl (C=O) groups is 1. The topological polar surface area (TPSA) is 122 Å². The molecule has 1 aromatic rings. The molecule has 0 saturated heterocycles. The number of hydrogen-bond donors (Lipinski definition) is 5. The summed E-state index contributed by atoms with van der Waals surface area (Å²) < 4.78 is 0. The highest BCUT2D eigenvalue weighted by atomic mass is 32.1. The van der Waals surface area contributed by atoms with Gasteiger partial charge in [-0.1, -0.05) is 12.1 Å². The van der Waals surface area contributed by atoms with Crippen LogP contribution in [0, 0.1) is 0 Å². The van der Waals surface area contributed by atoms with E-state index < -0.39 is 18.1 Å². The van der Waals surface area contributed by atoms with Gasteiger partial charge in [-0.15, -0.1) is 0 Å². The van der Waals surface area contributed by atoms with Gasteiger partial charge in [0.1, 0.15) is 6.10 Å². The van der Waals surface area contributed by atoms with Crippen LogP contribution in [0.5, 0.6) is 0 Å². The molecule has 0 fully saturated rings. The quantitative estimate of drug-likeness (QED) is 0.464. The minimum atomic E-state index is -1.25. The number of thiocarbonyl (C=S) groups is 1. The van der Waals surface area contributed by atoms with Gasteiger partial charge in [0.05, 0.1) is 12.5 Å². The van der Waals surface area contributed by atoms with E-state index in [-0.39, 0.29) is 11.5 Å². The van der Waals surface area contributed by atoms with Crippen molar-refractivity contribution in [3.05, 3.63) is 29.8 Å². The summed E-state index contributed by atoms with van der Waals surface area (Å²) in [7, 11) is 0. The Morgan fingerprint density at radius 2 is 2.06 bits per heavy atom. The summed E-state index contributed by atoms with van der Waals surface area (Å²) in [4.78, 5) is 10.7. The highest BCUT2D eigenvalue weighted by Gasteiger charge is 2.20. The summed E-state index contributed by atoms with van der Waals surface area (Å²) in [5, 5.41) is 22.2. The molecule has 98 valence electrons. The van der Waals surface area contributed by atoms with Gasteiger partial charge >= 0.3 is 0 Å². The Morgan fingerprint density at radius 3 is 2.61 bits per heavy atom. The van der Waals surface area contributed by atoms with Crippen molar-refractivity contribution in [1.29, 1.82) is 0 Å². The monoisotopic (exact) mass is 269 g/mol. The van der Waals surface area contributed by atoms with Gasteiger partial charge in [0.25, 0.3) is 0 Å². The fraction of sp³-hybridized carbons (Fsp3) is 0.273. The molecule has 1 aromatic carbocycles. The molecular formula is C11H15N3O3S. The standard InChI is InChI=1S/C11H15N3O3S/c12-9(16)5-8(15)10(17)6-2-1-3-7(4-6)14-11(13)18/h1-4,8,10,15,17H,5H2,(H2,12,16)(H3,13,14,18). The first-order chi connectivity index (χ1) is 8.40. The smallest absolute Gasteiger partial charge is 0.220 e. The third kappa shape index (κ3) is 4.28. The van der Waals surface area contributed by atoms with Crippen LogP contribution in [-0.2, 0) is 4.79 Å². The van der Waals surface area contributed by atoms with Crippen LogP contribution in [0.25, 0.3) is 0 Å². The molecule has 0 saturated carbocycles. The summed E-state index contributed by atoms with van der Waals surface area (Å²) in [6.07, 6.45) is -2.76. The van der Waals surface area contributed by atoms with Crippen molar-refractivity contribution in [3.63, 3.8) is 0 Å². The number of carbonyl (C=O) groups excluding carboxylic acids is 1. The molecule has 7 heteroatoms. The summed E-state index contributed by atoms with van der Waals surface area (Å²) in [5.74, 6) is -0.682. The van der Waals surface area contributed by atoms with E-state index in [4.69, 9.17) is 11.5 Å². The number of hydrogen-bond acceptors (Lipinski definition) is 4.